The number of halogens is 1. The van der Waals surface area contributed by atoms with E-state index in [0.717, 1.165) is 0 Å². The summed E-state index contributed by atoms with van der Waals surface area (Å²) in [6, 6.07) is 2.74. The fourth-order valence-corrected chi connectivity index (χ4v) is 1.01. The monoisotopic (exact) mass is 201 g/mol. The van der Waals surface area contributed by atoms with Crippen LogP contribution in [0, 0.1) is 0 Å². The molecule has 0 radical (unpaired) electrons. The highest BCUT2D eigenvalue weighted by Gasteiger charge is 2.02. The molecule has 6 heteroatoms. The Bertz CT molecular complexity index is 374. The zero-order chi connectivity index (χ0) is 9.84. The van der Waals surface area contributed by atoms with Crippen molar-refractivity contribution in [2.24, 2.45) is 5.84 Å². The molecule has 0 aliphatic carbocycles. The molecule has 0 aromatic carbocycles. The van der Waals surface area contributed by atoms with E-state index in [1.54, 1.807) is 0 Å². The van der Waals surface area contributed by atoms with Gasteiger partial charge in [0.1, 0.15) is 6.54 Å². The van der Waals surface area contributed by atoms with E-state index in [1.165, 1.54) is 22.9 Å². The molecule has 1 amide bonds. The van der Waals surface area contributed by atoms with Crippen LogP contribution in [0.1, 0.15) is 0 Å². The number of rotatable bonds is 2. The average Bonchev–Trinajstić information content (AvgIpc) is 2.11. The molecule has 0 saturated heterocycles. The number of aromatic nitrogens is 1. The molecule has 0 spiro atoms. The molecule has 0 aliphatic heterocycles. The van der Waals surface area contributed by atoms with Crippen molar-refractivity contribution in [2.45, 2.75) is 6.54 Å². The zero-order valence-electron chi connectivity index (χ0n) is 6.66. The smallest absolute Gasteiger partial charge is 0.253 e. The fourth-order valence-electron chi connectivity index (χ4n) is 0.826. The number of amides is 1. The van der Waals surface area contributed by atoms with E-state index in [-0.39, 0.29) is 12.1 Å². The third kappa shape index (κ3) is 2.57. The lowest BCUT2D eigenvalue weighted by Crippen LogP contribution is -2.35. The molecule has 1 aromatic heterocycles. The molecule has 0 saturated carbocycles. The van der Waals surface area contributed by atoms with Crippen molar-refractivity contribution < 1.29 is 4.79 Å². The molecule has 0 fully saturated rings. The van der Waals surface area contributed by atoms with Crippen molar-refractivity contribution in [2.75, 3.05) is 0 Å². The van der Waals surface area contributed by atoms with Crippen molar-refractivity contribution in [1.82, 2.24) is 9.99 Å². The topological polar surface area (TPSA) is 77.1 Å². The van der Waals surface area contributed by atoms with Gasteiger partial charge in [-0.15, -0.1) is 0 Å². The highest BCUT2D eigenvalue weighted by molar-refractivity contribution is 6.30. The number of hydrogen-bond donors (Lipinski definition) is 2. The van der Waals surface area contributed by atoms with Crippen LogP contribution in [0.4, 0.5) is 0 Å². The van der Waals surface area contributed by atoms with E-state index in [1.807, 2.05) is 5.43 Å². The van der Waals surface area contributed by atoms with Crippen LogP contribution in [0.2, 0.25) is 5.02 Å². The van der Waals surface area contributed by atoms with Gasteiger partial charge in [-0.1, -0.05) is 11.6 Å². The molecular formula is C7H8ClN3O2. The molecule has 0 bridgehead atoms. The number of hydrogen-bond acceptors (Lipinski definition) is 3. The predicted molar refractivity (Wildman–Crippen MR) is 48.0 cm³/mol. The fraction of sp³-hybridized carbons (Fsp3) is 0.143. The highest BCUT2D eigenvalue weighted by atomic mass is 35.5. The van der Waals surface area contributed by atoms with Crippen molar-refractivity contribution >= 4 is 17.5 Å². The van der Waals surface area contributed by atoms with Gasteiger partial charge < -0.3 is 4.57 Å². The van der Waals surface area contributed by atoms with Gasteiger partial charge >= 0.3 is 0 Å². The Morgan fingerprint density at radius 2 is 2.31 bits per heavy atom. The molecule has 13 heavy (non-hydrogen) atoms. The SMILES string of the molecule is NNC(=O)Cn1cc(Cl)ccc1=O. The van der Waals surface area contributed by atoms with E-state index in [9.17, 15) is 9.59 Å². The Kier molecular flexibility index (Phi) is 3.05. The summed E-state index contributed by atoms with van der Waals surface area (Å²) in [5, 5.41) is 0.393. The van der Waals surface area contributed by atoms with E-state index in [0.29, 0.717) is 5.02 Å². The number of carbonyl (C=O) groups excluding carboxylic acids is 1. The second kappa shape index (κ2) is 4.06. The Balaban J connectivity index is 2.94. The Morgan fingerprint density at radius 1 is 1.62 bits per heavy atom. The van der Waals surface area contributed by atoms with Gasteiger partial charge in [0.15, 0.2) is 0 Å². The first-order valence-electron chi connectivity index (χ1n) is 3.49. The van der Waals surface area contributed by atoms with Gasteiger partial charge in [0.2, 0.25) is 0 Å². The lowest BCUT2D eigenvalue weighted by atomic mass is 10.4. The van der Waals surface area contributed by atoms with Crippen LogP contribution in [0.3, 0.4) is 0 Å². The van der Waals surface area contributed by atoms with Gasteiger partial charge in [0.05, 0.1) is 5.02 Å². The van der Waals surface area contributed by atoms with Crippen LogP contribution in [-0.4, -0.2) is 10.5 Å². The van der Waals surface area contributed by atoms with Crippen LogP contribution in [0.15, 0.2) is 23.1 Å². The van der Waals surface area contributed by atoms with Crippen molar-refractivity contribution in [3.63, 3.8) is 0 Å². The molecule has 1 rings (SSSR count). The standard InChI is InChI=1S/C7H8ClN3O2/c8-5-1-2-7(13)11(3-5)4-6(12)10-9/h1-3H,4,9H2,(H,10,12). The van der Waals surface area contributed by atoms with Crippen molar-refractivity contribution in [1.29, 1.82) is 0 Å². The van der Waals surface area contributed by atoms with Crippen LogP contribution in [-0.2, 0) is 11.3 Å². The minimum atomic E-state index is -0.454. The molecule has 70 valence electrons. The largest absolute Gasteiger partial charge is 0.305 e. The quantitative estimate of drug-likeness (QED) is 0.385. The Labute approximate surface area is 79.1 Å². The molecule has 0 aliphatic rings. The molecule has 3 N–H and O–H groups in total. The summed E-state index contributed by atoms with van der Waals surface area (Å²) in [7, 11) is 0. The van der Waals surface area contributed by atoms with Gasteiger partial charge in [-0.05, 0) is 6.07 Å². The maximum atomic E-state index is 11.1. The summed E-state index contributed by atoms with van der Waals surface area (Å²) in [6.07, 6.45) is 1.37. The Morgan fingerprint density at radius 3 is 2.92 bits per heavy atom. The third-order valence-electron chi connectivity index (χ3n) is 1.42. The van der Waals surface area contributed by atoms with Crippen LogP contribution in [0.5, 0.6) is 0 Å². The third-order valence-corrected chi connectivity index (χ3v) is 1.65. The normalized spacial score (nSPS) is 9.69. The zero-order valence-corrected chi connectivity index (χ0v) is 7.41. The number of nitrogens with two attached hydrogens (primary N) is 1. The number of nitrogens with zero attached hydrogens (tertiary/aromatic N) is 1. The van der Waals surface area contributed by atoms with Gasteiger partial charge in [0.25, 0.3) is 11.5 Å². The van der Waals surface area contributed by atoms with E-state index < -0.39 is 5.91 Å². The first kappa shape index (κ1) is 9.76. The summed E-state index contributed by atoms with van der Waals surface area (Å²) in [5.74, 6) is 4.41. The molecule has 0 unspecified atom stereocenters. The first-order chi connectivity index (χ1) is 6.13. The minimum Gasteiger partial charge on any atom is -0.305 e. The van der Waals surface area contributed by atoms with Crippen molar-refractivity contribution in [3.8, 4) is 0 Å². The first-order valence-corrected chi connectivity index (χ1v) is 3.86. The predicted octanol–water partition coefficient (Wildman–Crippen LogP) is -0.508. The summed E-state index contributed by atoms with van der Waals surface area (Å²) in [6.45, 7) is -0.129. The van der Waals surface area contributed by atoms with E-state index in [4.69, 9.17) is 17.4 Å². The van der Waals surface area contributed by atoms with Gasteiger partial charge in [0, 0.05) is 12.3 Å². The average molecular weight is 202 g/mol. The number of hydrazine groups is 1. The summed E-state index contributed by atoms with van der Waals surface area (Å²) in [4.78, 5) is 21.9. The highest BCUT2D eigenvalue weighted by Crippen LogP contribution is 2.02. The Hall–Kier alpha value is -1.33. The summed E-state index contributed by atoms with van der Waals surface area (Å²) in [5.41, 5.74) is 1.62. The van der Waals surface area contributed by atoms with E-state index in [2.05, 4.69) is 0 Å². The molecule has 1 heterocycles. The second-order valence-electron chi connectivity index (χ2n) is 2.38. The number of carbonyl (C=O) groups is 1. The van der Waals surface area contributed by atoms with E-state index >= 15 is 0 Å². The second-order valence-corrected chi connectivity index (χ2v) is 2.82. The lowest BCUT2D eigenvalue weighted by molar-refractivity contribution is -0.121. The van der Waals surface area contributed by atoms with Gasteiger partial charge in [-0.3, -0.25) is 15.0 Å². The summed E-state index contributed by atoms with van der Waals surface area (Å²) >= 11 is 5.62. The molecule has 0 atom stereocenters. The van der Waals surface area contributed by atoms with Gasteiger partial charge in [-0.25, -0.2) is 5.84 Å². The molecule has 1 aromatic rings. The number of pyridine rings is 1. The van der Waals surface area contributed by atoms with Crippen LogP contribution in [0.25, 0.3) is 0 Å². The van der Waals surface area contributed by atoms with Gasteiger partial charge in [-0.2, -0.15) is 0 Å². The molecular weight excluding hydrogens is 194 g/mol. The van der Waals surface area contributed by atoms with Crippen LogP contribution < -0.4 is 16.8 Å². The maximum Gasteiger partial charge on any atom is 0.253 e. The number of nitrogens with one attached hydrogen (secondary N) is 1. The summed E-state index contributed by atoms with van der Waals surface area (Å²) < 4.78 is 1.17. The lowest BCUT2D eigenvalue weighted by Gasteiger charge is -2.03. The maximum absolute atomic E-state index is 11.1. The minimum absolute atomic E-state index is 0.129. The molecule has 5 nitrogen and oxygen atoms in total. The van der Waals surface area contributed by atoms with Crippen molar-refractivity contribution in [3.05, 3.63) is 33.7 Å². The van der Waals surface area contributed by atoms with Crippen LogP contribution >= 0.6 is 11.6 Å².